The molecule has 0 bridgehead atoms. The van der Waals surface area contributed by atoms with Crippen LogP contribution in [-0.2, 0) is 4.79 Å². The molecule has 0 aromatic heterocycles. The van der Waals surface area contributed by atoms with Gasteiger partial charge in [-0.15, -0.1) is 0 Å². The smallest absolute Gasteiger partial charge is 0.285 e. The summed E-state index contributed by atoms with van der Waals surface area (Å²) < 4.78 is 0. The minimum absolute atomic E-state index is 0.377. The summed E-state index contributed by atoms with van der Waals surface area (Å²) in [5.74, 6) is 5.85. The van der Waals surface area contributed by atoms with Gasteiger partial charge in [0.2, 0.25) is 4.99 Å². The van der Waals surface area contributed by atoms with Gasteiger partial charge in [-0.05, 0) is 37.0 Å². The van der Waals surface area contributed by atoms with Crippen LogP contribution in [0.1, 0.15) is 25.7 Å². The Kier molecular flexibility index (Phi) is 3.28. The number of hydrogen-bond donors (Lipinski definition) is 2. The van der Waals surface area contributed by atoms with E-state index in [1.54, 1.807) is 11.6 Å². The van der Waals surface area contributed by atoms with Crippen molar-refractivity contribution in [1.82, 2.24) is 15.2 Å². The molecule has 6 nitrogen and oxygen atoms in total. The molecule has 103 valence electrons. The fourth-order valence-corrected chi connectivity index (χ4v) is 3.48. The summed E-state index contributed by atoms with van der Waals surface area (Å²) in [4.78, 5) is 25.9. The second kappa shape index (κ2) is 4.81. The molecule has 1 atom stereocenters. The van der Waals surface area contributed by atoms with Gasteiger partial charge < -0.3 is 0 Å². The van der Waals surface area contributed by atoms with E-state index in [0.717, 1.165) is 19.4 Å². The highest BCUT2D eigenvalue weighted by Crippen LogP contribution is 2.46. The van der Waals surface area contributed by atoms with Gasteiger partial charge in [-0.25, -0.2) is 10.6 Å². The predicted molar refractivity (Wildman–Crippen MR) is 72.2 cm³/mol. The van der Waals surface area contributed by atoms with Gasteiger partial charge >= 0.3 is 6.03 Å². The van der Waals surface area contributed by atoms with Gasteiger partial charge in [-0.1, -0.05) is 11.8 Å². The third kappa shape index (κ3) is 2.26. The third-order valence-electron chi connectivity index (χ3n) is 3.77. The Morgan fingerprint density at radius 2 is 2.26 bits per heavy atom. The summed E-state index contributed by atoms with van der Waals surface area (Å²) in [7, 11) is 0. The van der Waals surface area contributed by atoms with Crippen LogP contribution in [-0.4, -0.2) is 39.7 Å². The van der Waals surface area contributed by atoms with E-state index in [-0.39, 0.29) is 0 Å². The molecule has 0 saturated heterocycles. The van der Waals surface area contributed by atoms with Crippen molar-refractivity contribution in [2.45, 2.75) is 36.7 Å². The van der Waals surface area contributed by atoms with E-state index in [1.807, 2.05) is 0 Å². The predicted octanol–water partition coefficient (Wildman–Crippen LogP) is 0.728. The van der Waals surface area contributed by atoms with E-state index in [2.05, 4.69) is 16.6 Å². The van der Waals surface area contributed by atoms with E-state index < -0.39 is 11.0 Å². The Labute approximate surface area is 116 Å². The van der Waals surface area contributed by atoms with E-state index in [4.69, 9.17) is 5.84 Å². The van der Waals surface area contributed by atoms with Gasteiger partial charge in [0.25, 0.3) is 6.29 Å². The van der Waals surface area contributed by atoms with Crippen LogP contribution in [0.2, 0.25) is 0 Å². The van der Waals surface area contributed by atoms with Gasteiger partial charge in [-0.3, -0.25) is 20.0 Å². The molecule has 3 N–H and O–H groups in total. The van der Waals surface area contributed by atoms with E-state index >= 15 is 0 Å². The zero-order valence-corrected chi connectivity index (χ0v) is 11.4. The van der Waals surface area contributed by atoms with Crippen LogP contribution in [0.15, 0.2) is 11.6 Å². The monoisotopic (exact) mass is 281 g/mol. The second-order valence-electron chi connectivity index (χ2n) is 5.26. The molecule has 1 unspecified atom stereocenters. The first-order chi connectivity index (χ1) is 9.21. The lowest BCUT2D eigenvalue weighted by atomic mass is 10.3. The maximum atomic E-state index is 11.9. The molecule has 7 heteroatoms. The van der Waals surface area contributed by atoms with Gasteiger partial charge in [0.15, 0.2) is 0 Å². The standard InChI is InChI=1S/C12H17N4O2S/c13-14-11(18)15-5-6-19-12(15,8-17)16(10-3-4-10)7-9-1-2-9/h5-6,9-10H,1-4,7,13H2,(H,14,18). The summed E-state index contributed by atoms with van der Waals surface area (Å²) in [6.45, 7) is 0.850. The summed E-state index contributed by atoms with van der Waals surface area (Å²) >= 11 is 1.32. The molecule has 2 amide bonds. The van der Waals surface area contributed by atoms with Crippen LogP contribution in [0, 0.1) is 5.92 Å². The number of rotatable bonds is 5. The van der Waals surface area contributed by atoms with Crippen molar-refractivity contribution in [3.8, 4) is 0 Å². The second-order valence-corrected chi connectivity index (χ2v) is 6.34. The first-order valence-electron chi connectivity index (χ1n) is 6.51. The lowest BCUT2D eigenvalue weighted by molar-refractivity contribution is 0.101. The van der Waals surface area contributed by atoms with Crippen molar-refractivity contribution in [2.24, 2.45) is 11.8 Å². The normalized spacial score (nSPS) is 29.9. The molecule has 19 heavy (non-hydrogen) atoms. The van der Waals surface area contributed by atoms with Crippen molar-refractivity contribution in [2.75, 3.05) is 6.54 Å². The van der Waals surface area contributed by atoms with Crippen LogP contribution in [0.3, 0.4) is 0 Å². The highest BCUT2D eigenvalue weighted by Gasteiger charge is 2.53. The van der Waals surface area contributed by atoms with E-state index in [9.17, 15) is 9.59 Å². The Morgan fingerprint density at radius 1 is 1.53 bits per heavy atom. The molecular weight excluding hydrogens is 264 g/mol. The number of hydrogen-bond acceptors (Lipinski definition) is 5. The number of nitrogens with one attached hydrogen (secondary N) is 1. The molecule has 1 aliphatic heterocycles. The Morgan fingerprint density at radius 3 is 2.79 bits per heavy atom. The molecular formula is C12H17N4O2S. The number of thioether (sulfide) groups is 1. The third-order valence-corrected chi connectivity index (χ3v) is 4.87. The van der Waals surface area contributed by atoms with E-state index in [1.165, 1.54) is 29.5 Å². The topological polar surface area (TPSA) is 78.7 Å². The molecule has 2 aliphatic carbocycles. The van der Waals surface area contributed by atoms with Crippen molar-refractivity contribution in [1.29, 1.82) is 0 Å². The zero-order valence-electron chi connectivity index (χ0n) is 10.5. The maximum Gasteiger partial charge on any atom is 0.338 e. The Balaban J connectivity index is 1.86. The largest absolute Gasteiger partial charge is 0.338 e. The van der Waals surface area contributed by atoms with Gasteiger partial charge in [0.05, 0.1) is 0 Å². The molecule has 2 fully saturated rings. The number of amides is 2. The molecule has 0 aromatic rings. The van der Waals surface area contributed by atoms with Gasteiger partial charge in [-0.2, -0.15) is 0 Å². The molecule has 1 heterocycles. The summed E-state index contributed by atoms with van der Waals surface area (Å²) in [6, 6.07) is -0.103. The average molecular weight is 281 g/mol. The lowest BCUT2D eigenvalue weighted by Gasteiger charge is -2.41. The molecule has 3 rings (SSSR count). The highest BCUT2D eigenvalue weighted by molar-refractivity contribution is 8.04. The maximum absolute atomic E-state index is 11.9. The molecule has 0 aromatic carbocycles. The van der Waals surface area contributed by atoms with E-state index in [0.29, 0.717) is 12.0 Å². The zero-order chi connectivity index (χ0) is 13.5. The number of carbonyl (C=O) groups is 1. The number of urea groups is 1. The quantitative estimate of drug-likeness (QED) is 0.441. The van der Waals surface area contributed by atoms with Crippen molar-refractivity contribution >= 4 is 24.1 Å². The summed E-state index contributed by atoms with van der Waals surface area (Å²) in [5, 5.41) is 1.75. The van der Waals surface area contributed by atoms with Crippen LogP contribution in [0.5, 0.6) is 0 Å². The Hall–Kier alpha value is -1.05. The average Bonchev–Trinajstić information content (AvgIpc) is 3.33. The van der Waals surface area contributed by atoms with Crippen LogP contribution in [0.4, 0.5) is 4.79 Å². The first kappa shape index (κ1) is 13.0. The molecule has 2 saturated carbocycles. The van der Waals surface area contributed by atoms with Crippen molar-refractivity contribution in [3.05, 3.63) is 11.6 Å². The number of hydrazine groups is 1. The van der Waals surface area contributed by atoms with Crippen LogP contribution >= 0.6 is 11.8 Å². The molecule has 0 spiro atoms. The lowest BCUT2D eigenvalue weighted by Crippen LogP contribution is -2.61. The SMILES string of the molecule is NNC(=O)N1C=CSC1([C]=O)N(CC1CC1)C1CC1. The van der Waals surface area contributed by atoms with Crippen LogP contribution < -0.4 is 11.3 Å². The fraction of sp³-hybridized carbons (Fsp3) is 0.667. The molecule has 1 radical (unpaired) electrons. The minimum atomic E-state index is -1.08. The highest BCUT2D eigenvalue weighted by atomic mass is 32.2. The number of nitrogens with two attached hydrogens (primary N) is 1. The number of nitrogens with zero attached hydrogens (tertiary/aromatic N) is 2. The fourth-order valence-electron chi connectivity index (χ4n) is 2.44. The summed E-state index contributed by atoms with van der Waals surface area (Å²) in [5.41, 5.74) is 2.10. The van der Waals surface area contributed by atoms with Gasteiger partial charge in [0.1, 0.15) is 0 Å². The Bertz CT molecular complexity index is 422. The first-order valence-corrected chi connectivity index (χ1v) is 7.39. The van der Waals surface area contributed by atoms with Crippen molar-refractivity contribution < 1.29 is 9.59 Å². The van der Waals surface area contributed by atoms with Gasteiger partial charge in [0, 0.05) is 18.8 Å². The van der Waals surface area contributed by atoms with Crippen molar-refractivity contribution in [3.63, 3.8) is 0 Å². The molecule has 3 aliphatic rings. The number of carbonyl (C=O) groups excluding carboxylic acids is 2. The minimum Gasteiger partial charge on any atom is -0.285 e. The van der Waals surface area contributed by atoms with Crippen LogP contribution in [0.25, 0.3) is 0 Å². The summed E-state index contributed by atoms with van der Waals surface area (Å²) in [6.07, 6.45) is 8.25.